The molecule has 0 fully saturated rings. The van der Waals surface area contributed by atoms with Crippen molar-refractivity contribution in [1.29, 1.82) is 5.41 Å². The third-order valence-corrected chi connectivity index (χ3v) is 4.97. The van der Waals surface area contributed by atoms with Gasteiger partial charge in [-0.1, -0.05) is 0 Å². The third kappa shape index (κ3) is 5.55. The van der Waals surface area contributed by atoms with E-state index in [9.17, 15) is 9.59 Å². The highest BCUT2D eigenvalue weighted by Gasteiger charge is 2.23. The Hall–Kier alpha value is -5.00. The molecule has 2 heterocycles. The Labute approximate surface area is 205 Å². The Balaban J connectivity index is 1.81. The first-order chi connectivity index (χ1) is 17.3. The van der Waals surface area contributed by atoms with Crippen LogP contribution >= 0.6 is 0 Å². The number of hydrogen-bond acceptors (Lipinski definition) is 9. The van der Waals surface area contributed by atoms with Crippen LogP contribution in [0.4, 0.5) is 5.69 Å². The smallest absolute Gasteiger partial charge is 0.350 e. The number of hydrogen-bond donors (Lipinski definition) is 4. The van der Waals surface area contributed by atoms with Crippen molar-refractivity contribution in [2.45, 2.75) is 19.9 Å². The van der Waals surface area contributed by atoms with Crippen molar-refractivity contribution in [3.05, 3.63) is 88.4 Å². The first kappa shape index (κ1) is 24.1. The minimum Gasteiger partial charge on any atom is -0.494 e. The molecule has 4 aromatic rings. The van der Waals surface area contributed by atoms with Gasteiger partial charge < -0.3 is 20.5 Å². The molecule has 2 aromatic carbocycles. The van der Waals surface area contributed by atoms with Crippen molar-refractivity contribution in [1.82, 2.24) is 24.7 Å². The fraction of sp³-hybridized carbons (Fsp3) is 0.167. The van der Waals surface area contributed by atoms with Crippen molar-refractivity contribution >= 4 is 17.5 Å². The molecule has 5 N–H and O–H groups in total. The monoisotopic (exact) mass is 488 g/mol. The first-order valence-electron chi connectivity index (χ1n) is 11.0. The number of H-pyrrole nitrogens is 1. The Bertz CT molecular complexity index is 1430. The number of nitrogens with one attached hydrogen (secondary N) is 3. The van der Waals surface area contributed by atoms with Gasteiger partial charge in [0.1, 0.15) is 23.4 Å². The SMILES string of the molecule is CCOc1cc(OC(C)=O)cc([C@H](Nc2ccc(C(=N)N)cc2)c2nn(-c3ncccn3)c(=O)[nH]2)c1. The van der Waals surface area contributed by atoms with E-state index >= 15 is 0 Å². The maximum atomic E-state index is 12.7. The maximum absolute atomic E-state index is 12.7. The number of aromatic nitrogens is 5. The molecule has 0 saturated carbocycles. The second kappa shape index (κ2) is 10.5. The lowest BCUT2D eigenvalue weighted by Gasteiger charge is -2.20. The molecule has 0 saturated heterocycles. The third-order valence-electron chi connectivity index (χ3n) is 4.97. The van der Waals surface area contributed by atoms with Gasteiger partial charge in [0.05, 0.1) is 6.61 Å². The average molecular weight is 489 g/mol. The number of carbonyl (C=O) groups is 1. The van der Waals surface area contributed by atoms with Gasteiger partial charge in [-0.3, -0.25) is 15.2 Å². The topological polar surface area (TPSA) is 174 Å². The molecule has 184 valence electrons. The zero-order valence-electron chi connectivity index (χ0n) is 19.6. The highest BCUT2D eigenvalue weighted by Crippen LogP contribution is 2.31. The number of nitrogens with two attached hydrogens (primary N) is 1. The van der Waals surface area contributed by atoms with Crippen LogP contribution in [0.1, 0.15) is 36.8 Å². The van der Waals surface area contributed by atoms with Crippen LogP contribution in [-0.4, -0.2) is 43.1 Å². The van der Waals surface area contributed by atoms with Gasteiger partial charge >= 0.3 is 11.7 Å². The molecule has 0 bridgehead atoms. The molecule has 0 aliphatic carbocycles. The lowest BCUT2D eigenvalue weighted by Crippen LogP contribution is -2.18. The van der Waals surface area contributed by atoms with E-state index in [0.717, 1.165) is 4.68 Å². The van der Waals surface area contributed by atoms with Gasteiger partial charge in [0.15, 0.2) is 5.82 Å². The highest BCUT2D eigenvalue weighted by molar-refractivity contribution is 5.95. The van der Waals surface area contributed by atoms with E-state index in [1.54, 1.807) is 48.5 Å². The van der Waals surface area contributed by atoms with Crippen molar-refractivity contribution < 1.29 is 14.3 Å². The Morgan fingerprint density at radius 3 is 2.50 bits per heavy atom. The summed E-state index contributed by atoms with van der Waals surface area (Å²) in [5.41, 5.74) is 6.86. The van der Waals surface area contributed by atoms with Crippen molar-refractivity contribution in [3.63, 3.8) is 0 Å². The molecule has 4 rings (SSSR count). The molecule has 12 heteroatoms. The molecule has 0 unspecified atom stereocenters. The molecule has 12 nitrogen and oxygen atoms in total. The van der Waals surface area contributed by atoms with E-state index in [1.165, 1.54) is 19.3 Å². The predicted molar refractivity (Wildman–Crippen MR) is 132 cm³/mol. The number of amidine groups is 1. The zero-order chi connectivity index (χ0) is 25.7. The van der Waals surface area contributed by atoms with E-state index in [4.69, 9.17) is 20.6 Å². The summed E-state index contributed by atoms with van der Waals surface area (Å²) in [5.74, 6) is 0.564. The van der Waals surface area contributed by atoms with Crippen LogP contribution < -0.4 is 26.2 Å². The predicted octanol–water partition coefficient (Wildman–Crippen LogP) is 2.16. The lowest BCUT2D eigenvalue weighted by molar-refractivity contribution is -0.131. The van der Waals surface area contributed by atoms with Crippen molar-refractivity contribution in [3.8, 4) is 17.4 Å². The van der Waals surface area contributed by atoms with Crippen molar-refractivity contribution in [2.75, 3.05) is 11.9 Å². The summed E-state index contributed by atoms with van der Waals surface area (Å²) in [7, 11) is 0. The van der Waals surface area contributed by atoms with Crippen LogP contribution in [0.25, 0.3) is 5.95 Å². The number of rotatable bonds is 9. The summed E-state index contributed by atoms with van der Waals surface area (Å²) >= 11 is 0. The molecular weight excluding hydrogens is 464 g/mol. The summed E-state index contributed by atoms with van der Waals surface area (Å²) in [6, 6.07) is 12.8. The van der Waals surface area contributed by atoms with Gasteiger partial charge in [0.2, 0.25) is 0 Å². The fourth-order valence-corrected chi connectivity index (χ4v) is 3.46. The van der Waals surface area contributed by atoms with Gasteiger partial charge in [0, 0.05) is 36.6 Å². The summed E-state index contributed by atoms with van der Waals surface area (Å²) < 4.78 is 12.0. The number of esters is 1. The van der Waals surface area contributed by atoms with E-state index in [0.29, 0.717) is 29.2 Å². The van der Waals surface area contributed by atoms with Crippen LogP contribution in [-0.2, 0) is 4.79 Å². The van der Waals surface area contributed by atoms with Gasteiger partial charge in [-0.05, 0) is 55.0 Å². The lowest BCUT2D eigenvalue weighted by atomic mass is 10.0. The summed E-state index contributed by atoms with van der Waals surface area (Å²) in [6.07, 6.45) is 3.01. The molecule has 0 spiro atoms. The average Bonchev–Trinajstić information content (AvgIpc) is 3.24. The number of nitrogens with zero attached hydrogens (tertiary/aromatic N) is 4. The molecule has 36 heavy (non-hydrogen) atoms. The molecule has 0 aliphatic heterocycles. The van der Waals surface area contributed by atoms with Crippen LogP contribution in [0, 0.1) is 5.41 Å². The van der Waals surface area contributed by atoms with E-state index in [-0.39, 0.29) is 23.4 Å². The minimum absolute atomic E-state index is 0.0560. The minimum atomic E-state index is -0.708. The number of nitrogen functional groups attached to an aromatic ring is 1. The van der Waals surface area contributed by atoms with E-state index in [2.05, 4.69) is 25.4 Å². The summed E-state index contributed by atoms with van der Waals surface area (Å²) in [6.45, 7) is 3.53. The Kier molecular flexibility index (Phi) is 7.04. The number of aromatic amines is 1. The second-order valence-electron chi connectivity index (χ2n) is 7.61. The molecule has 0 aliphatic rings. The largest absolute Gasteiger partial charge is 0.494 e. The van der Waals surface area contributed by atoms with E-state index in [1.807, 2.05) is 6.92 Å². The summed E-state index contributed by atoms with van der Waals surface area (Å²) in [4.78, 5) is 35.3. The van der Waals surface area contributed by atoms with Crippen LogP contribution in [0.5, 0.6) is 11.5 Å². The van der Waals surface area contributed by atoms with Crippen LogP contribution in [0.15, 0.2) is 65.7 Å². The number of carbonyl (C=O) groups excluding carboxylic acids is 1. The molecule has 2 aromatic heterocycles. The number of benzene rings is 2. The second-order valence-corrected chi connectivity index (χ2v) is 7.61. The zero-order valence-corrected chi connectivity index (χ0v) is 19.6. The van der Waals surface area contributed by atoms with Crippen LogP contribution in [0.2, 0.25) is 0 Å². The first-order valence-corrected chi connectivity index (χ1v) is 11.0. The molecule has 1 atom stereocenters. The van der Waals surface area contributed by atoms with Gasteiger partial charge in [-0.2, -0.15) is 0 Å². The normalized spacial score (nSPS) is 11.5. The van der Waals surface area contributed by atoms with Gasteiger partial charge in [-0.25, -0.2) is 14.8 Å². The van der Waals surface area contributed by atoms with Gasteiger partial charge in [-0.15, -0.1) is 9.78 Å². The fourth-order valence-electron chi connectivity index (χ4n) is 3.46. The highest BCUT2D eigenvalue weighted by atomic mass is 16.5. The molecule has 0 radical (unpaired) electrons. The van der Waals surface area contributed by atoms with Gasteiger partial charge in [0.25, 0.3) is 5.95 Å². The molecular formula is C24H24N8O4. The quantitative estimate of drug-likeness (QED) is 0.119. The Morgan fingerprint density at radius 1 is 1.17 bits per heavy atom. The number of anilines is 1. The summed E-state index contributed by atoms with van der Waals surface area (Å²) in [5, 5.41) is 15.4. The van der Waals surface area contributed by atoms with Crippen LogP contribution in [0.3, 0.4) is 0 Å². The Morgan fingerprint density at radius 2 is 1.86 bits per heavy atom. The molecule has 0 amide bonds. The number of ether oxygens (including phenoxy) is 2. The van der Waals surface area contributed by atoms with Crippen molar-refractivity contribution in [2.24, 2.45) is 5.73 Å². The van der Waals surface area contributed by atoms with E-state index < -0.39 is 17.7 Å². The maximum Gasteiger partial charge on any atom is 0.350 e. The standard InChI is InChI=1S/C24H24N8O4/c1-3-35-18-11-16(12-19(13-18)36-14(2)33)20(29-17-7-5-15(6-8-17)21(25)26)22-30-24(34)32(31-22)23-27-9-4-10-28-23/h4-13,20,29H,3H2,1-2H3,(H3,25,26)(H,30,31,34)/t20-/m0/s1.